The quantitative estimate of drug-likeness (QED) is 0.860. The highest BCUT2D eigenvalue weighted by Crippen LogP contribution is 2.20. The largest absolute Gasteiger partial charge is 0.401 e. The molecule has 1 aromatic rings. The molecule has 21 heavy (non-hydrogen) atoms. The van der Waals surface area contributed by atoms with Crippen molar-refractivity contribution in [1.82, 2.24) is 5.32 Å². The lowest BCUT2D eigenvalue weighted by atomic mass is 10.2. The minimum absolute atomic E-state index is 0.0200. The van der Waals surface area contributed by atoms with Crippen LogP contribution in [0.15, 0.2) is 23.1 Å². The van der Waals surface area contributed by atoms with E-state index in [0.717, 1.165) is 6.26 Å². The standard InChI is InChI=1S/C12H15F3N2O3S/c1-8-3-4-9(21(2,19)20)5-10(8)17-11(18)6-16-7-12(13,14)15/h3-5,16H,6-7H2,1-2H3,(H,17,18). The summed E-state index contributed by atoms with van der Waals surface area (Å²) in [5.74, 6) is -0.687. The van der Waals surface area contributed by atoms with Crippen LogP contribution in [0.5, 0.6) is 0 Å². The summed E-state index contributed by atoms with van der Waals surface area (Å²) in [4.78, 5) is 11.5. The fourth-order valence-corrected chi connectivity index (χ4v) is 2.13. The smallest absolute Gasteiger partial charge is 0.325 e. The number of halogens is 3. The van der Waals surface area contributed by atoms with E-state index in [1.165, 1.54) is 18.2 Å². The van der Waals surface area contributed by atoms with Gasteiger partial charge in [0.05, 0.1) is 18.0 Å². The normalized spacial score (nSPS) is 12.2. The second-order valence-corrected chi connectivity index (χ2v) is 6.53. The Kier molecular flexibility index (Phi) is 5.35. The first-order chi connectivity index (χ1) is 9.49. The Balaban J connectivity index is 2.72. The van der Waals surface area contributed by atoms with Crippen LogP contribution in [-0.2, 0) is 14.6 Å². The Morgan fingerprint density at radius 1 is 1.29 bits per heavy atom. The molecule has 0 saturated carbocycles. The van der Waals surface area contributed by atoms with Crippen molar-refractivity contribution in [3.8, 4) is 0 Å². The van der Waals surface area contributed by atoms with Gasteiger partial charge in [0.25, 0.3) is 0 Å². The van der Waals surface area contributed by atoms with Gasteiger partial charge >= 0.3 is 6.18 Å². The number of carbonyl (C=O) groups excluding carboxylic acids is 1. The Labute approximate surface area is 120 Å². The van der Waals surface area contributed by atoms with Crippen LogP contribution in [0.25, 0.3) is 0 Å². The number of hydrogen-bond donors (Lipinski definition) is 2. The molecule has 0 saturated heterocycles. The van der Waals surface area contributed by atoms with E-state index in [9.17, 15) is 26.4 Å². The number of sulfone groups is 1. The highest BCUT2D eigenvalue weighted by atomic mass is 32.2. The first kappa shape index (κ1) is 17.4. The fraction of sp³-hybridized carbons (Fsp3) is 0.417. The van der Waals surface area contributed by atoms with E-state index in [-0.39, 0.29) is 10.6 Å². The average molecular weight is 324 g/mol. The summed E-state index contributed by atoms with van der Waals surface area (Å²) in [5, 5.41) is 4.33. The molecule has 0 aliphatic heterocycles. The van der Waals surface area contributed by atoms with Gasteiger partial charge in [0.1, 0.15) is 0 Å². The molecule has 0 spiro atoms. The zero-order chi connectivity index (χ0) is 16.3. The van der Waals surface area contributed by atoms with Gasteiger partial charge in [0.2, 0.25) is 5.91 Å². The van der Waals surface area contributed by atoms with Gasteiger partial charge in [-0.15, -0.1) is 0 Å². The van der Waals surface area contributed by atoms with Gasteiger partial charge in [0.15, 0.2) is 9.84 Å². The molecule has 0 aliphatic carbocycles. The van der Waals surface area contributed by atoms with Crippen molar-refractivity contribution in [2.24, 2.45) is 0 Å². The highest BCUT2D eigenvalue weighted by molar-refractivity contribution is 7.90. The Morgan fingerprint density at radius 2 is 1.90 bits per heavy atom. The lowest BCUT2D eigenvalue weighted by Gasteiger charge is -2.11. The van der Waals surface area contributed by atoms with E-state index < -0.39 is 35.0 Å². The van der Waals surface area contributed by atoms with Crippen LogP contribution in [-0.4, -0.2) is 39.8 Å². The Morgan fingerprint density at radius 3 is 2.43 bits per heavy atom. The highest BCUT2D eigenvalue weighted by Gasteiger charge is 2.26. The third-order valence-electron chi connectivity index (χ3n) is 2.52. The molecule has 1 rings (SSSR count). The van der Waals surface area contributed by atoms with Gasteiger partial charge in [-0.3, -0.25) is 4.79 Å². The van der Waals surface area contributed by atoms with Gasteiger partial charge in [-0.05, 0) is 24.6 Å². The summed E-state index contributed by atoms with van der Waals surface area (Å²) in [6.45, 7) is -0.157. The summed E-state index contributed by atoms with van der Waals surface area (Å²) in [7, 11) is -3.43. The van der Waals surface area contributed by atoms with Crippen LogP contribution < -0.4 is 10.6 Å². The second kappa shape index (κ2) is 6.44. The fourth-order valence-electron chi connectivity index (χ4n) is 1.48. The van der Waals surface area contributed by atoms with Crippen LogP contribution in [0.2, 0.25) is 0 Å². The van der Waals surface area contributed by atoms with Crippen molar-refractivity contribution in [3.05, 3.63) is 23.8 Å². The van der Waals surface area contributed by atoms with Crippen molar-refractivity contribution in [2.75, 3.05) is 24.7 Å². The Hall–Kier alpha value is -1.61. The van der Waals surface area contributed by atoms with Gasteiger partial charge in [-0.2, -0.15) is 13.2 Å². The van der Waals surface area contributed by atoms with Crippen molar-refractivity contribution in [2.45, 2.75) is 18.0 Å². The summed E-state index contributed by atoms with van der Waals surface area (Å²) < 4.78 is 58.6. The summed E-state index contributed by atoms with van der Waals surface area (Å²) in [6.07, 6.45) is -3.37. The van der Waals surface area contributed by atoms with Gasteiger partial charge < -0.3 is 10.6 Å². The van der Waals surface area contributed by atoms with Crippen LogP contribution in [0, 0.1) is 6.92 Å². The molecule has 1 aromatic carbocycles. The third kappa shape index (κ3) is 6.13. The van der Waals surface area contributed by atoms with Crippen molar-refractivity contribution < 1.29 is 26.4 Å². The molecule has 2 N–H and O–H groups in total. The molecule has 0 atom stereocenters. The molecule has 0 aromatic heterocycles. The molecule has 0 aliphatic rings. The van der Waals surface area contributed by atoms with E-state index in [1.807, 2.05) is 5.32 Å². The maximum Gasteiger partial charge on any atom is 0.401 e. The Bertz CT molecular complexity index is 627. The number of alkyl halides is 3. The predicted octanol–water partition coefficient (Wildman–Crippen LogP) is 1.49. The molecular weight excluding hydrogens is 309 g/mol. The second-order valence-electron chi connectivity index (χ2n) is 4.52. The van der Waals surface area contributed by atoms with Crippen molar-refractivity contribution in [1.29, 1.82) is 0 Å². The SMILES string of the molecule is Cc1ccc(S(C)(=O)=O)cc1NC(=O)CNCC(F)(F)F. The first-order valence-electron chi connectivity index (χ1n) is 5.87. The van der Waals surface area contributed by atoms with Crippen LogP contribution in [0.1, 0.15) is 5.56 Å². The number of nitrogens with one attached hydrogen (secondary N) is 2. The van der Waals surface area contributed by atoms with Crippen LogP contribution in [0.3, 0.4) is 0 Å². The number of carbonyl (C=O) groups is 1. The molecular formula is C12H15F3N2O3S. The van der Waals surface area contributed by atoms with E-state index in [2.05, 4.69) is 5.32 Å². The van der Waals surface area contributed by atoms with Gasteiger partial charge in [0, 0.05) is 11.9 Å². The molecule has 0 fully saturated rings. The lowest BCUT2D eigenvalue weighted by Crippen LogP contribution is -2.35. The summed E-state index contributed by atoms with van der Waals surface area (Å²) in [5.41, 5.74) is 0.850. The van der Waals surface area contributed by atoms with Gasteiger partial charge in [-0.25, -0.2) is 8.42 Å². The van der Waals surface area contributed by atoms with Crippen molar-refractivity contribution in [3.63, 3.8) is 0 Å². The van der Waals surface area contributed by atoms with E-state index >= 15 is 0 Å². The molecule has 118 valence electrons. The minimum atomic E-state index is -4.40. The van der Waals surface area contributed by atoms with Crippen LogP contribution >= 0.6 is 0 Å². The molecule has 5 nitrogen and oxygen atoms in total. The predicted molar refractivity (Wildman–Crippen MR) is 71.8 cm³/mol. The molecule has 0 unspecified atom stereocenters. The summed E-state index contributed by atoms with van der Waals surface area (Å²) >= 11 is 0. The monoisotopic (exact) mass is 324 g/mol. The number of benzene rings is 1. The third-order valence-corrected chi connectivity index (χ3v) is 3.63. The van der Waals surface area contributed by atoms with E-state index in [1.54, 1.807) is 6.92 Å². The first-order valence-corrected chi connectivity index (χ1v) is 7.76. The zero-order valence-corrected chi connectivity index (χ0v) is 12.2. The number of aryl methyl sites for hydroxylation is 1. The molecule has 9 heteroatoms. The number of rotatable bonds is 5. The number of amides is 1. The lowest BCUT2D eigenvalue weighted by molar-refractivity contribution is -0.126. The van der Waals surface area contributed by atoms with Gasteiger partial charge in [-0.1, -0.05) is 6.07 Å². The summed E-state index contributed by atoms with van der Waals surface area (Å²) in [6, 6.07) is 4.17. The van der Waals surface area contributed by atoms with Crippen molar-refractivity contribution >= 4 is 21.4 Å². The topological polar surface area (TPSA) is 75.3 Å². The maximum atomic E-state index is 11.9. The maximum absolute atomic E-state index is 11.9. The number of anilines is 1. The molecule has 0 heterocycles. The van der Waals surface area contributed by atoms with Crippen LogP contribution in [0.4, 0.5) is 18.9 Å². The zero-order valence-electron chi connectivity index (χ0n) is 11.4. The molecule has 0 radical (unpaired) electrons. The van der Waals surface area contributed by atoms with E-state index in [4.69, 9.17) is 0 Å². The average Bonchev–Trinajstić information content (AvgIpc) is 2.28. The molecule has 1 amide bonds. The molecule has 0 bridgehead atoms. The van der Waals surface area contributed by atoms with E-state index in [0.29, 0.717) is 5.56 Å². The number of hydrogen-bond acceptors (Lipinski definition) is 4. The minimum Gasteiger partial charge on any atom is -0.325 e.